The third-order valence-electron chi connectivity index (χ3n) is 6.88. The van der Waals surface area contributed by atoms with Crippen molar-refractivity contribution in [2.24, 2.45) is 0 Å². The van der Waals surface area contributed by atoms with E-state index >= 15 is 0 Å². The first-order chi connectivity index (χ1) is 17.8. The standard InChI is InChI=1S/C31H17N5/c1-2-8-24-22(7-1)23-17-21-12-11-19-6-4-16-33-27(19)29(21)36-30(23)31(34-24)25-14-13-20-10-9-18-5-3-15-32-26(18)28(20)35-25/h1-17H. The molecule has 36 heavy (non-hydrogen) atoms. The second-order valence-corrected chi connectivity index (χ2v) is 8.98. The highest BCUT2D eigenvalue weighted by Crippen LogP contribution is 2.35. The van der Waals surface area contributed by atoms with Gasteiger partial charge in [0.2, 0.25) is 0 Å². The van der Waals surface area contributed by atoms with Gasteiger partial charge in [0.25, 0.3) is 0 Å². The summed E-state index contributed by atoms with van der Waals surface area (Å²) in [6.45, 7) is 0. The summed E-state index contributed by atoms with van der Waals surface area (Å²) in [5.74, 6) is 0. The number of rotatable bonds is 1. The Balaban J connectivity index is 1.53. The molecule has 0 saturated heterocycles. The predicted molar refractivity (Wildman–Crippen MR) is 146 cm³/mol. The van der Waals surface area contributed by atoms with E-state index in [-0.39, 0.29) is 0 Å². The van der Waals surface area contributed by atoms with Crippen molar-refractivity contribution in [3.8, 4) is 11.4 Å². The minimum absolute atomic E-state index is 0.758. The smallest absolute Gasteiger partial charge is 0.116 e. The minimum atomic E-state index is 0.758. The molecule has 5 nitrogen and oxygen atoms in total. The first-order valence-corrected chi connectivity index (χ1v) is 11.9. The normalized spacial score (nSPS) is 11.9. The van der Waals surface area contributed by atoms with Crippen molar-refractivity contribution in [3.05, 3.63) is 103 Å². The van der Waals surface area contributed by atoms with E-state index in [4.69, 9.17) is 15.0 Å². The molecule has 8 aromatic rings. The summed E-state index contributed by atoms with van der Waals surface area (Å²) < 4.78 is 0. The molecule has 3 aromatic carbocycles. The molecule has 8 rings (SSSR count). The fraction of sp³-hybridized carbons (Fsp3) is 0. The van der Waals surface area contributed by atoms with Crippen molar-refractivity contribution < 1.29 is 0 Å². The Morgan fingerprint density at radius 3 is 1.83 bits per heavy atom. The van der Waals surface area contributed by atoms with Gasteiger partial charge < -0.3 is 0 Å². The average molecular weight is 460 g/mol. The van der Waals surface area contributed by atoms with Crippen LogP contribution in [0.2, 0.25) is 0 Å². The van der Waals surface area contributed by atoms with Gasteiger partial charge in [0.1, 0.15) is 5.69 Å². The number of hydrogen-bond donors (Lipinski definition) is 0. The number of nitrogens with zero attached hydrogens (tertiary/aromatic N) is 5. The molecule has 0 fully saturated rings. The van der Waals surface area contributed by atoms with E-state index in [0.29, 0.717) is 0 Å². The number of benzene rings is 3. The van der Waals surface area contributed by atoms with Crippen LogP contribution in [0.5, 0.6) is 0 Å². The molecule has 0 spiro atoms. The number of pyridine rings is 5. The summed E-state index contributed by atoms with van der Waals surface area (Å²) in [6.07, 6.45) is 3.63. The summed E-state index contributed by atoms with van der Waals surface area (Å²) in [6, 6.07) is 31.0. The van der Waals surface area contributed by atoms with Gasteiger partial charge in [-0.3, -0.25) is 9.97 Å². The lowest BCUT2D eigenvalue weighted by Gasteiger charge is -2.12. The quantitative estimate of drug-likeness (QED) is 0.191. The van der Waals surface area contributed by atoms with Gasteiger partial charge >= 0.3 is 0 Å². The van der Waals surface area contributed by atoms with Crippen molar-refractivity contribution in [1.29, 1.82) is 0 Å². The predicted octanol–water partition coefficient (Wildman–Crippen LogP) is 7.25. The van der Waals surface area contributed by atoms with Crippen LogP contribution in [-0.4, -0.2) is 24.9 Å². The zero-order valence-electron chi connectivity index (χ0n) is 19.1. The molecule has 0 aliphatic heterocycles. The van der Waals surface area contributed by atoms with Crippen molar-refractivity contribution in [1.82, 2.24) is 24.9 Å². The largest absolute Gasteiger partial charge is 0.254 e. The van der Waals surface area contributed by atoms with Crippen LogP contribution in [-0.2, 0) is 0 Å². The Morgan fingerprint density at radius 2 is 1.06 bits per heavy atom. The summed E-state index contributed by atoms with van der Waals surface area (Å²) in [5.41, 5.74) is 6.77. The zero-order chi connectivity index (χ0) is 23.6. The van der Waals surface area contributed by atoms with E-state index in [0.717, 1.165) is 76.8 Å². The van der Waals surface area contributed by atoms with Crippen molar-refractivity contribution in [2.75, 3.05) is 0 Å². The number of fused-ring (bicyclic) bond motifs is 9. The lowest BCUT2D eigenvalue weighted by molar-refractivity contribution is 1.31. The molecular weight excluding hydrogens is 442 g/mol. The molecule has 5 heteroatoms. The monoisotopic (exact) mass is 459 g/mol. The topological polar surface area (TPSA) is 64.5 Å². The third kappa shape index (κ3) is 2.74. The van der Waals surface area contributed by atoms with Gasteiger partial charge in [-0.25, -0.2) is 15.0 Å². The Kier molecular flexibility index (Phi) is 3.88. The molecule has 5 heterocycles. The first-order valence-electron chi connectivity index (χ1n) is 11.9. The fourth-order valence-corrected chi connectivity index (χ4v) is 5.17. The Hall–Kier alpha value is -5.03. The summed E-state index contributed by atoms with van der Waals surface area (Å²) in [4.78, 5) is 24.6. The van der Waals surface area contributed by atoms with E-state index in [1.165, 1.54) is 0 Å². The molecule has 0 N–H and O–H groups in total. The number of hydrogen-bond acceptors (Lipinski definition) is 5. The second kappa shape index (κ2) is 7.23. The van der Waals surface area contributed by atoms with E-state index < -0.39 is 0 Å². The molecule has 0 radical (unpaired) electrons. The van der Waals surface area contributed by atoms with E-state index in [2.05, 4.69) is 64.6 Å². The van der Waals surface area contributed by atoms with E-state index in [1.807, 2.05) is 48.8 Å². The Morgan fingerprint density at radius 1 is 0.417 bits per heavy atom. The van der Waals surface area contributed by atoms with Crippen LogP contribution in [0.15, 0.2) is 103 Å². The maximum Gasteiger partial charge on any atom is 0.116 e. The highest BCUT2D eigenvalue weighted by atomic mass is 14.8. The molecule has 0 saturated carbocycles. The van der Waals surface area contributed by atoms with E-state index in [9.17, 15) is 0 Å². The van der Waals surface area contributed by atoms with Gasteiger partial charge in [-0.05, 0) is 30.3 Å². The Bertz CT molecular complexity index is 2170. The lowest BCUT2D eigenvalue weighted by atomic mass is 10.0. The first kappa shape index (κ1) is 19.3. The van der Waals surface area contributed by atoms with Crippen LogP contribution < -0.4 is 0 Å². The molecule has 0 aliphatic rings. The van der Waals surface area contributed by atoms with Crippen molar-refractivity contribution >= 4 is 65.4 Å². The van der Waals surface area contributed by atoms with Crippen LogP contribution in [0.4, 0.5) is 0 Å². The van der Waals surface area contributed by atoms with Crippen LogP contribution in [0.1, 0.15) is 0 Å². The molecule has 0 amide bonds. The molecule has 0 unspecified atom stereocenters. The molecule has 0 aliphatic carbocycles. The van der Waals surface area contributed by atoms with Gasteiger partial charge in [0.05, 0.1) is 38.8 Å². The highest BCUT2D eigenvalue weighted by molar-refractivity contribution is 6.15. The van der Waals surface area contributed by atoms with E-state index in [1.54, 1.807) is 0 Å². The maximum atomic E-state index is 5.19. The van der Waals surface area contributed by atoms with Crippen LogP contribution >= 0.6 is 0 Å². The van der Waals surface area contributed by atoms with Crippen molar-refractivity contribution in [3.63, 3.8) is 0 Å². The van der Waals surface area contributed by atoms with Crippen LogP contribution in [0.25, 0.3) is 76.8 Å². The second-order valence-electron chi connectivity index (χ2n) is 8.98. The van der Waals surface area contributed by atoms with Gasteiger partial charge in [0.15, 0.2) is 0 Å². The molecule has 5 aromatic heterocycles. The minimum Gasteiger partial charge on any atom is -0.254 e. The summed E-state index contributed by atoms with van der Waals surface area (Å²) in [7, 11) is 0. The number of para-hydroxylation sites is 1. The maximum absolute atomic E-state index is 5.19. The van der Waals surface area contributed by atoms with Gasteiger partial charge in [-0.15, -0.1) is 0 Å². The molecule has 166 valence electrons. The highest BCUT2D eigenvalue weighted by Gasteiger charge is 2.16. The summed E-state index contributed by atoms with van der Waals surface area (Å²) in [5, 5.41) is 6.35. The fourth-order valence-electron chi connectivity index (χ4n) is 5.17. The van der Waals surface area contributed by atoms with Crippen molar-refractivity contribution in [2.45, 2.75) is 0 Å². The van der Waals surface area contributed by atoms with Gasteiger partial charge in [0, 0.05) is 44.7 Å². The number of aromatic nitrogens is 5. The zero-order valence-corrected chi connectivity index (χ0v) is 19.1. The molecular formula is C31H17N5. The van der Waals surface area contributed by atoms with Gasteiger partial charge in [-0.1, -0.05) is 60.7 Å². The van der Waals surface area contributed by atoms with Gasteiger partial charge in [-0.2, -0.15) is 0 Å². The Labute approximate surface area is 205 Å². The van der Waals surface area contributed by atoms with Crippen LogP contribution in [0.3, 0.4) is 0 Å². The third-order valence-corrected chi connectivity index (χ3v) is 6.88. The summed E-state index contributed by atoms with van der Waals surface area (Å²) >= 11 is 0. The lowest BCUT2D eigenvalue weighted by Crippen LogP contribution is -1.96. The molecule has 0 bridgehead atoms. The SMILES string of the molecule is c1cnc2c(c1)ccc1ccc(-c3nc4ccccc4c4cc5ccc6cccnc6c5nc34)nc12. The average Bonchev–Trinajstić information content (AvgIpc) is 2.95. The van der Waals surface area contributed by atoms with Crippen LogP contribution in [0, 0.1) is 0 Å². The molecule has 0 atom stereocenters.